The van der Waals surface area contributed by atoms with E-state index in [-0.39, 0.29) is 74.5 Å². The molecule has 17 nitrogen and oxygen atoms in total. The molecule has 4 aromatic carbocycles. The smallest absolute Gasteiger partial charge is 0.347 e. The zero-order valence-electron chi connectivity index (χ0n) is 36.8. The van der Waals surface area contributed by atoms with Crippen LogP contribution >= 0.6 is 0 Å². The zero-order valence-corrected chi connectivity index (χ0v) is 36.8. The third kappa shape index (κ3) is 9.85. The number of aliphatic hydroxyl groups is 3. The van der Waals surface area contributed by atoms with Gasteiger partial charge in [-0.05, 0) is 49.2 Å². The lowest BCUT2D eigenvalue weighted by atomic mass is 10.1. The van der Waals surface area contributed by atoms with Crippen molar-refractivity contribution in [3.8, 4) is 11.5 Å². The highest BCUT2D eigenvalue weighted by atomic mass is 16.6. The summed E-state index contributed by atoms with van der Waals surface area (Å²) in [5.74, 6) is -1.74. The van der Waals surface area contributed by atoms with Crippen molar-refractivity contribution < 1.29 is 63.2 Å². The average Bonchev–Trinajstić information content (AvgIpc) is 4.13. The Balaban J connectivity index is 0.000000155. The van der Waals surface area contributed by atoms with Gasteiger partial charge in [-0.3, -0.25) is 9.59 Å². The SMILES string of the molecule is CCOC(=O)c1c(O)c2ccccc2n(Cc2ccccc2)c1=O.CCOC(=O)c1c(O[C@H]2CO[C@H]3[C@@H]2OC[C@@H]3O)c2ccccc2n(Cc2ccccc2)c1=O.O[C@@H]1CO[C@H]2[C@@H]1OC[C@@H]2O. The number of aromatic hydroxyl groups is 1. The second-order valence-electron chi connectivity index (χ2n) is 16.2. The maximum atomic E-state index is 13.7. The monoisotopic (exact) mass is 920 g/mol. The van der Waals surface area contributed by atoms with Crippen molar-refractivity contribution in [1.29, 1.82) is 0 Å². The summed E-state index contributed by atoms with van der Waals surface area (Å²) in [7, 11) is 0. The Bertz CT molecular complexity index is 2800. The molecular formula is C50H52N2O15. The van der Waals surface area contributed by atoms with E-state index < -0.39 is 59.7 Å². The summed E-state index contributed by atoms with van der Waals surface area (Å²) < 4.78 is 41.0. The fourth-order valence-corrected chi connectivity index (χ4v) is 8.66. The summed E-state index contributed by atoms with van der Waals surface area (Å²) in [6.45, 7) is 5.07. The highest BCUT2D eigenvalue weighted by molar-refractivity contribution is 6.00. The van der Waals surface area contributed by atoms with Gasteiger partial charge in [-0.1, -0.05) is 84.9 Å². The lowest BCUT2D eigenvalue weighted by Gasteiger charge is -2.22. The number of benzene rings is 4. The lowest BCUT2D eigenvalue weighted by molar-refractivity contribution is 0.00205. The Hall–Kier alpha value is -6.44. The van der Waals surface area contributed by atoms with Crippen molar-refractivity contribution in [2.45, 2.75) is 75.8 Å². The molecule has 4 N–H and O–H groups in total. The number of hydrogen-bond acceptors (Lipinski definition) is 15. The molecule has 67 heavy (non-hydrogen) atoms. The maximum absolute atomic E-state index is 13.7. The molecule has 6 heterocycles. The second-order valence-corrected chi connectivity index (χ2v) is 16.2. The van der Waals surface area contributed by atoms with Crippen LogP contribution in [0.1, 0.15) is 45.7 Å². The average molecular weight is 921 g/mol. The number of ether oxygens (including phenoxy) is 7. The van der Waals surface area contributed by atoms with E-state index in [9.17, 15) is 29.4 Å². The van der Waals surface area contributed by atoms with Crippen molar-refractivity contribution in [2.75, 3.05) is 39.6 Å². The molecule has 2 aromatic heterocycles. The van der Waals surface area contributed by atoms with Gasteiger partial charge >= 0.3 is 11.9 Å². The number of carbonyl (C=O) groups is 2. The molecule has 17 heteroatoms. The molecule has 0 radical (unpaired) electrons. The number of carbonyl (C=O) groups excluding carboxylic acids is 2. The van der Waals surface area contributed by atoms with Crippen LogP contribution in [0, 0.1) is 0 Å². The van der Waals surface area contributed by atoms with E-state index in [1.807, 2.05) is 84.9 Å². The first kappa shape index (κ1) is 47.1. The number of nitrogens with zero attached hydrogens (tertiary/aromatic N) is 2. The van der Waals surface area contributed by atoms with Crippen molar-refractivity contribution in [1.82, 2.24) is 9.13 Å². The number of aliphatic hydroxyl groups excluding tert-OH is 3. The molecule has 352 valence electrons. The van der Waals surface area contributed by atoms with Gasteiger partial charge in [0.1, 0.15) is 54.2 Å². The van der Waals surface area contributed by atoms with E-state index in [1.54, 1.807) is 42.7 Å². The minimum Gasteiger partial charge on any atom is -0.506 e. The van der Waals surface area contributed by atoms with Gasteiger partial charge in [0.25, 0.3) is 11.1 Å². The van der Waals surface area contributed by atoms with Crippen molar-refractivity contribution in [3.63, 3.8) is 0 Å². The quantitative estimate of drug-likeness (QED) is 0.144. The van der Waals surface area contributed by atoms with Crippen LogP contribution in [-0.2, 0) is 41.5 Å². The molecule has 0 bridgehead atoms. The summed E-state index contributed by atoms with van der Waals surface area (Å²) in [5.41, 5.74) is 1.51. The lowest BCUT2D eigenvalue weighted by Crippen LogP contribution is -2.36. The number of hydrogen-bond donors (Lipinski definition) is 4. The van der Waals surface area contributed by atoms with E-state index in [0.717, 1.165) is 11.1 Å². The number of rotatable bonds is 10. The van der Waals surface area contributed by atoms with Gasteiger partial charge in [-0.2, -0.15) is 0 Å². The predicted octanol–water partition coefficient (Wildman–Crippen LogP) is 3.57. The van der Waals surface area contributed by atoms with E-state index in [1.165, 1.54) is 4.57 Å². The van der Waals surface area contributed by atoms with Crippen LogP contribution in [0.3, 0.4) is 0 Å². The van der Waals surface area contributed by atoms with Crippen LogP contribution in [0.2, 0.25) is 0 Å². The number of pyridine rings is 2. The Morgan fingerprint density at radius 3 is 1.48 bits per heavy atom. The molecule has 10 rings (SSSR count). The van der Waals surface area contributed by atoms with E-state index in [0.29, 0.717) is 34.9 Å². The fraction of sp³-hybridized carbons (Fsp3) is 0.360. The number of fused-ring (bicyclic) bond motifs is 4. The maximum Gasteiger partial charge on any atom is 0.347 e. The molecule has 4 saturated heterocycles. The summed E-state index contributed by atoms with van der Waals surface area (Å²) in [5, 5.41) is 39.8. The number of para-hydroxylation sites is 2. The molecule has 8 atom stereocenters. The van der Waals surface area contributed by atoms with Crippen LogP contribution < -0.4 is 15.9 Å². The predicted molar refractivity (Wildman–Crippen MR) is 242 cm³/mol. The first-order valence-corrected chi connectivity index (χ1v) is 22.1. The number of esters is 2. The minimum atomic E-state index is -0.812. The highest BCUT2D eigenvalue weighted by Crippen LogP contribution is 2.35. The van der Waals surface area contributed by atoms with Gasteiger partial charge < -0.3 is 62.7 Å². The molecule has 6 aromatic rings. The van der Waals surface area contributed by atoms with Crippen LogP contribution in [-0.4, -0.2) is 130 Å². The van der Waals surface area contributed by atoms with Gasteiger partial charge in [-0.15, -0.1) is 0 Å². The standard InChI is InChI=1S/C25H25NO7.C19H17NO4.C6H10O4/c1-2-30-25(29)20-21(33-19-14-32-22-18(27)13-31-23(19)22)16-10-6-7-11-17(16)26(24(20)28)12-15-8-4-3-5-9-15;1-2-24-19(23)16-17(21)14-10-6-7-11-15(14)20(18(16)22)12-13-8-4-3-5-9-13;7-3-1-9-6-4(8)2-10-5(3)6/h3-11,18-19,22-23,27H,2,12-14H2,1H3;3-11,21H,2,12H2,1H3;3-8H,1-2H2/t18-,19-,22+,23+;;3-,4+,5-,6-/m0.1/s1. The number of aromatic nitrogens is 2. The van der Waals surface area contributed by atoms with E-state index >= 15 is 0 Å². The van der Waals surface area contributed by atoms with Gasteiger partial charge in [0.15, 0.2) is 17.2 Å². The largest absolute Gasteiger partial charge is 0.506 e. The van der Waals surface area contributed by atoms with Gasteiger partial charge in [0.2, 0.25) is 0 Å². The van der Waals surface area contributed by atoms with Gasteiger partial charge in [0.05, 0.1) is 63.8 Å². The third-order valence-electron chi connectivity index (χ3n) is 11.8. The van der Waals surface area contributed by atoms with Crippen molar-refractivity contribution in [2.24, 2.45) is 0 Å². The Kier molecular flexibility index (Phi) is 14.8. The Labute approximate surface area is 384 Å². The van der Waals surface area contributed by atoms with Crippen molar-refractivity contribution in [3.05, 3.63) is 152 Å². The molecule has 0 amide bonds. The summed E-state index contributed by atoms with van der Waals surface area (Å²) in [4.78, 5) is 51.6. The summed E-state index contributed by atoms with van der Waals surface area (Å²) >= 11 is 0. The van der Waals surface area contributed by atoms with Gasteiger partial charge in [0, 0.05) is 10.8 Å². The molecule has 4 fully saturated rings. The highest BCUT2D eigenvalue weighted by Gasteiger charge is 2.49. The summed E-state index contributed by atoms with van der Waals surface area (Å²) in [6, 6.07) is 33.3. The van der Waals surface area contributed by atoms with Crippen LogP contribution in [0.5, 0.6) is 11.5 Å². The Morgan fingerprint density at radius 1 is 0.552 bits per heavy atom. The zero-order chi connectivity index (χ0) is 47.2. The third-order valence-corrected chi connectivity index (χ3v) is 11.8. The molecule has 4 aliphatic rings. The fourth-order valence-electron chi connectivity index (χ4n) is 8.66. The molecular weight excluding hydrogens is 869 g/mol. The van der Waals surface area contributed by atoms with Crippen molar-refractivity contribution >= 4 is 33.7 Å². The van der Waals surface area contributed by atoms with Gasteiger partial charge in [-0.25, -0.2) is 9.59 Å². The molecule has 0 saturated carbocycles. The molecule has 0 spiro atoms. The first-order valence-electron chi connectivity index (χ1n) is 22.1. The van der Waals surface area contributed by atoms with E-state index in [2.05, 4.69) is 0 Å². The first-order chi connectivity index (χ1) is 32.5. The second kappa shape index (κ2) is 21.0. The topological polar surface area (TPSA) is 224 Å². The Morgan fingerprint density at radius 2 is 0.955 bits per heavy atom. The molecule has 0 unspecified atom stereocenters. The summed E-state index contributed by atoms with van der Waals surface area (Å²) in [6.07, 6.45) is -3.99. The van der Waals surface area contributed by atoms with E-state index in [4.69, 9.17) is 43.4 Å². The van der Waals surface area contributed by atoms with Crippen LogP contribution in [0.4, 0.5) is 0 Å². The molecule has 4 aliphatic heterocycles. The van der Waals surface area contributed by atoms with Crippen LogP contribution in [0.15, 0.2) is 119 Å². The molecule has 0 aliphatic carbocycles. The van der Waals surface area contributed by atoms with Crippen LogP contribution in [0.25, 0.3) is 21.8 Å². The minimum absolute atomic E-state index is 0.121. The normalized spacial score (nSPS) is 23.7.